The van der Waals surface area contributed by atoms with Gasteiger partial charge in [0.15, 0.2) is 13.2 Å². The van der Waals surface area contributed by atoms with E-state index in [0.29, 0.717) is 22.9 Å². The zero-order valence-corrected chi connectivity index (χ0v) is 13.5. The number of aryl methyl sites for hydroxylation is 1. The summed E-state index contributed by atoms with van der Waals surface area (Å²) in [4.78, 5) is 25.4. The minimum Gasteiger partial charge on any atom is -0.484 e. The Morgan fingerprint density at radius 3 is 2.75 bits per heavy atom. The molecule has 0 aromatic heterocycles. The second-order valence-corrected chi connectivity index (χ2v) is 5.54. The first-order valence-corrected chi connectivity index (χ1v) is 7.56. The van der Waals surface area contributed by atoms with Gasteiger partial charge in [0.1, 0.15) is 17.2 Å². The van der Waals surface area contributed by atoms with Crippen LogP contribution in [0, 0.1) is 6.92 Å². The topological polar surface area (TPSA) is 67.9 Å². The van der Waals surface area contributed by atoms with Crippen molar-refractivity contribution in [1.82, 2.24) is 0 Å². The molecule has 0 saturated carbocycles. The third-order valence-electron chi connectivity index (χ3n) is 3.72. The number of anilines is 2. The van der Waals surface area contributed by atoms with Crippen LogP contribution in [-0.2, 0) is 9.59 Å². The molecule has 0 radical (unpaired) electrons. The van der Waals surface area contributed by atoms with Crippen LogP contribution < -0.4 is 19.7 Å². The van der Waals surface area contributed by atoms with Crippen molar-refractivity contribution in [2.75, 3.05) is 30.5 Å². The molecule has 124 valence electrons. The number of fused-ring (bicyclic) bond motifs is 1. The molecule has 24 heavy (non-hydrogen) atoms. The average Bonchev–Trinajstić information content (AvgIpc) is 2.58. The van der Waals surface area contributed by atoms with E-state index in [1.807, 2.05) is 31.2 Å². The fraction of sp³-hybridized carbons (Fsp3) is 0.222. The van der Waals surface area contributed by atoms with Gasteiger partial charge in [0.05, 0.1) is 5.69 Å². The lowest BCUT2D eigenvalue weighted by molar-refractivity contribution is -0.121. The predicted octanol–water partition coefficient (Wildman–Crippen LogP) is 2.37. The van der Waals surface area contributed by atoms with Crippen LogP contribution in [0.5, 0.6) is 11.5 Å². The summed E-state index contributed by atoms with van der Waals surface area (Å²) in [5.41, 5.74) is 2.19. The Balaban J connectivity index is 1.69. The summed E-state index contributed by atoms with van der Waals surface area (Å²) in [5.74, 6) is 0.714. The second kappa shape index (κ2) is 6.62. The van der Waals surface area contributed by atoms with Crippen LogP contribution in [0.25, 0.3) is 0 Å². The van der Waals surface area contributed by atoms with E-state index >= 15 is 0 Å². The number of amides is 2. The van der Waals surface area contributed by atoms with Crippen molar-refractivity contribution in [3.63, 3.8) is 0 Å². The van der Waals surface area contributed by atoms with Gasteiger partial charge in [-0.2, -0.15) is 0 Å². The maximum Gasteiger partial charge on any atom is 0.264 e. The number of nitrogens with zero attached hydrogens (tertiary/aromatic N) is 1. The summed E-state index contributed by atoms with van der Waals surface area (Å²) in [6.07, 6.45) is 0. The smallest absolute Gasteiger partial charge is 0.264 e. The maximum atomic E-state index is 12.1. The van der Waals surface area contributed by atoms with Gasteiger partial charge in [-0.3, -0.25) is 9.59 Å². The first-order chi connectivity index (χ1) is 11.5. The third-order valence-corrected chi connectivity index (χ3v) is 3.72. The van der Waals surface area contributed by atoms with Crippen LogP contribution in [0.15, 0.2) is 42.5 Å². The van der Waals surface area contributed by atoms with Crippen molar-refractivity contribution in [2.45, 2.75) is 6.92 Å². The molecule has 1 N–H and O–H groups in total. The summed E-state index contributed by atoms with van der Waals surface area (Å²) in [6, 6.07) is 12.7. The summed E-state index contributed by atoms with van der Waals surface area (Å²) in [5, 5.41) is 2.76. The standard InChI is InChI=1S/C18H18N2O4/c1-12-6-8-13(9-7-12)23-10-16(21)19-14-4-3-5-15-18(14)20(2)17(22)11-24-15/h3-9H,10-11H2,1-2H3,(H,19,21). The number of hydrogen-bond donors (Lipinski definition) is 1. The van der Waals surface area contributed by atoms with E-state index in [9.17, 15) is 9.59 Å². The molecule has 1 heterocycles. The zero-order valence-electron chi connectivity index (χ0n) is 13.5. The average molecular weight is 326 g/mol. The number of carbonyl (C=O) groups excluding carboxylic acids is 2. The van der Waals surface area contributed by atoms with Gasteiger partial charge < -0.3 is 19.7 Å². The van der Waals surface area contributed by atoms with Gasteiger partial charge >= 0.3 is 0 Å². The number of benzene rings is 2. The quantitative estimate of drug-likeness (QED) is 0.936. The minimum atomic E-state index is -0.310. The largest absolute Gasteiger partial charge is 0.484 e. The van der Waals surface area contributed by atoms with Crippen molar-refractivity contribution >= 4 is 23.2 Å². The van der Waals surface area contributed by atoms with Gasteiger partial charge in [0, 0.05) is 7.05 Å². The molecule has 2 aromatic rings. The van der Waals surface area contributed by atoms with Crippen molar-refractivity contribution < 1.29 is 19.1 Å². The number of carbonyl (C=O) groups is 2. The van der Waals surface area contributed by atoms with E-state index in [2.05, 4.69) is 5.32 Å². The normalized spacial score (nSPS) is 13.1. The van der Waals surface area contributed by atoms with Crippen LogP contribution in [0.2, 0.25) is 0 Å². The maximum absolute atomic E-state index is 12.1. The summed E-state index contributed by atoms with van der Waals surface area (Å²) >= 11 is 0. The Hall–Kier alpha value is -3.02. The first kappa shape index (κ1) is 15.9. The Bertz CT molecular complexity index is 771. The van der Waals surface area contributed by atoms with Crippen molar-refractivity contribution in [2.24, 2.45) is 0 Å². The lowest BCUT2D eigenvalue weighted by Crippen LogP contribution is -2.36. The highest BCUT2D eigenvalue weighted by Crippen LogP contribution is 2.37. The number of hydrogen-bond acceptors (Lipinski definition) is 4. The van der Waals surface area contributed by atoms with Gasteiger partial charge in [0.25, 0.3) is 11.8 Å². The van der Waals surface area contributed by atoms with E-state index in [4.69, 9.17) is 9.47 Å². The molecule has 0 unspecified atom stereocenters. The van der Waals surface area contributed by atoms with E-state index in [-0.39, 0.29) is 25.0 Å². The van der Waals surface area contributed by atoms with Crippen molar-refractivity contribution in [3.8, 4) is 11.5 Å². The predicted molar refractivity (Wildman–Crippen MR) is 90.7 cm³/mol. The molecule has 0 aliphatic carbocycles. The third kappa shape index (κ3) is 3.32. The molecule has 0 saturated heterocycles. The van der Waals surface area contributed by atoms with Crippen LogP contribution in [0.1, 0.15) is 5.56 Å². The molecule has 1 aliphatic rings. The molecule has 0 fully saturated rings. The fourth-order valence-corrected chi connectivity index (χ4v) is 2.42. The molecule has 0 spiro atoms. The SMILES string of the molecule is Cc1ccc(OCC(=O)Nc2cccc3c2N(C)C(=O)CO3)cc1. The molecule has 2 amide bonds. The molecule has 6 nitrogen and oxygen atoms in total. The molecule has 2 aromatic carbocycles. The van der Waals surface area contributed by atoms with Crippen LogP contribution in [-0.4, -0.2) is 32.1 Å². The van der Waals surface area contributed by atoms with Gasteiger partial charge in [-0.25, -0.2) is 0 Å². The summed E-state index contributed by atoms with van der Waals surface area (Å²) in [6.45, 7) is 1.86. The zero-order chi connectivity index (χ0) is 17.1. The van der Waals surface area contributed by atoms with Gasteiger partial charge in [-0.15, -0.1) is 0 Å². The summed E-state index contributed by atoms with van der Waals surface area (Å²) < 4.78 is 10.9. The van der Waals surface area contributed by atoms with Crippen LogP contribution >= 0.6 is 0 Å². The Kier molecular flexibility index (Phi) is 4.37. The van der Waals surface area contributed by atoms with Gasteiger partial charge in [0.2, 0.25) is 0 Å². The van der Waals surface area contributed by atoms with Gasteiger partial charge in [-0.1, -0.05) is 23.8 Å². The molecular weight excluding hydrogens is 308 g/mol. The number of ether oxygens (including phenoxy) is 2. The number of nitrogens with one attached hydrogen (secondary N) is 1. The number of rotatable bonds is 4. The molecule has 0 bridgehead atoms. The number of likely N-dealkylation sites (N-methyl/N-ethyl adjacent to an activating group) is 1. The Morgan fingerprint density at radius 1 is 1.25 bits per heavy atom. The Labute approximate surface area is 140 Å². The molecule has 6 heteroatoms. The number of para-hydroxylation sites is 1. The summed E-state index contributed by atoms with van der Waals surface area (Å²) in [7, 11) is 1.65. The lowest BCUT2D eigenvalue weighted by Gasteiger charge is -2.28. The lowest BCUT2D eigenvalue weighted by atomic mass is 10.2. The minimum absolute atomic E-state index is 0.00254. The molecule has 0 atom stereocenters. The van der Waals surface area contributed by atoms with E-state index in [0.717, 1.165) is 5.56 Å². The van der Waals surface area contributed by atoms with E-state index < -0.39 is 0 Å². The van der Waals surface area contributed by atoms with E-state index in [1.165, 1.54) is 4.90 Å². The van der Waals surface area contributed by atoms with Crippen molar-refractivity contribution in [3.05, 3.63) is 48.0 Å². The van der Waals surface area contributed by atoms with Crippen LogP contribution in [0.4, 0.5) is 11.4 Å². The highest BCUT2D eigenvalue weighted by molar-refractivity contribution is 6.04. The highest BCUT2D eigenvalue weighted by atomic mass is 16.5. The molecule has 3 rings (SSSR count). The fourth-order valence-electron chi connectivity index (χ4n) is 2.42. The first-order valence-electron chi connectivity index (χ1n) is 7.56. The monoisotopic (exact) mass is 326 g/mol. The second-order valence-electron chi connectivity index (χ2n) is 5.54. The van der Waals surface area contributed by atoms with Crippen molar-refractivity contribution in [1.29, 1.82) is 0 Å². The van der Waals surface area contributed by atoms with E-state index in [1.54, 1.807) is 25.2 Å². The van der Waals surface area contributed by atoms with Gasteiger partial charge in [-0.05, 0) is 31.2 Å². The Morgan fingerprint density at radius 2 is 2.00 bits per heavy atom. The van der Waals surface area contributed by atoms with Crippen LogP contribution in [0.3, 0.4) is 0 Å². The highest BCUT2D eigenvalue weighted by Gasteiger charge is 2.25. The molecule has 1 aliphatic heterocycles. The molecular formula is C18H18N2O4.